The van der Waals surface area contributed by atoms with Crippen molar-refractivity contribution in [3.05, 3.63) is 18.5 Å². The van der Waals surface area contributed by atoms with Gasteiger partial charge in [0.05, 0.1) is 5.52 Å². The van der Waals surface area contributed by atoms with Gasteiger partial charge in [-0.05, 0) is 0 Å². The third kappa shape index (κ3) is 0.792. The van der Waals surface area contributed by atoms with Gasteiger partial charge in [-0.1, -0.05) is 0 Å². The van der Waals surface area contributed by atoms with Gasteiger partial charge in [0.25, 0.3) is 0 Å². The van der Waals surface area contributed by atoms with Crippen molar-refractivity contribution in [3.63, 3.8) is 0 Å². The summed E-state index contributed by atoms with van der Waals surface area (Å²) in [4.78, 5) is 8.19. The number of phenols is 1. The number of nitrogens with one attached hydrogen (secondary N) is 1. The zero-order valence-corrected chi connectivity index (χ0v) is 6.97. The number of H-pyrrole nitrogens is 1. The Hall–Kier alpha value is -2.24. The molecule has 0 amide bonds. The number of nitrogens with zero attached hydrogens (tertiary/aromatic N) is 4. The number of fused-ring (bicyclic) bond motifs is 3. The maximum atomic E-state index is 9.57. The first-order valence-electron chi connectivity index (χ1n) is 3.99. The molecule has 0 fully saturated rings. The summed E-state index contributed by atoms with van der Waals surface area (Å²) in [6.07, 6.45) is 3.14. The van der Waals surface area contributed by atoms with Crippen LogP contribution in [-0.2, 0) is 0 Å². The van der Waals surface area contributed by atoms with Crippen molar-refractivity contribution in [3.8, 4) is 5.75 Å². The fourth-order valence-corrected chi connectivity index (χ4v) is 1.41. The minimum atomic E-state index is 0.0572. The molecule has 0 saturated heterocycles. The second-order valence-electron chi connectivity index (χ2n) is 2.84. The molecule has 2 N–H and O–H groups in total. The SMILES string of the molecule is Oc1cc2nccnc2c2n[nH]nc12. The average molecular weight is 187 g/mol. The number of aromatic nitrogens is 5. The number of aromatic amines is 1. The number of phenolic OH excluding ortho intramolecular Hbond substituents is 1. The van der Waals surface area contributed by atoms with Gasteiger partial charge in [-0.2, -0.15) is 15.4 Å². The Morgan fingerprint density at radius 1 is 1.00 bits per heavy atom. The summed E-state index contributed by atoms with van der Waals surface area (Å²) in [5.74, 6) is 0.0572. The van der Waals surface area contributed by atoms with E-state index >= 15 is 0 Å². The van der Waals surface area contributed by atoms with Crippen molar-refractivity contribution in [1.82, 2.24) is 25.4 Å². The van der Waals surface area contributed by atoms with Gasteiger partial charge in [0.1, 0.15) is 16.8 Å². The standard InChI is InChI=1S/C8H5N5O/c14-5-3-4-6(10-2-1-9-4)8-7(5)11-13-12-8/h1-3,14H,(H,11,12,13). The fraction of sp³-hybridized carbons (Fsp3) is 0. The van der Waals surface area contributed by atoms with E-state index in [1.165, 1.54) is 6.07 Å². The first-order valence-corrected chi connectivity index (χ1v) is 3.99. The lowest BCUT2D eigenvalue weighted by atomic mass is 10.2. The number of hydrogen-bond donors (Lipinski definition) is 2. The summed E-state index contributed by atoms with van der Waals surface area (Å²) >= 11 is 0. The molecule has 3 rings (SSSR count). The minimum absolute atomic E-state index is 0.0572. The summed E-state index contributed by atoms with van der Waals surface area (Å²) in [7, 11) is 0. The highest BCUT2D eigenvalue weighted by Crippen LogP contribution is 2.26. The van der Waals surface area contributed by atoms with E-state index in [1.807, 2.05) is 0 Å². The smallest absolute Gasteiger partial charge is 0.156 e. The molecule has 68 valence electrons. The van der Waals surface area contributed by atoms with Gasteiger partial charge in [0.15, 0.2) is 5.52 Å². The van der Waals surface area contributed by atoms with Crippen LogP contribution in [0.4, 0.5) is 0 Å². The van der Waals surface area contributed by atoms with Gasteiger partial charge >= 0.3 is 0 Å². The Bertz CT molecular complexity index is 617. The molecule has 0 bridgehead atoms. The monoisotopic (exact) mass is 187 g/mol. The van der Waals surface area contributed by atoms with Gasteiger partial charge in [0.2, 0.25) is 0 Å². The predicted molar refractivity (Wildman–Crippen MR) is 48.6 cm³/mol. The summed E-state index contributed by atoms with van der Waals surface area (Å²) in [5.41, 5.74) is 2.19. The van der Waals surface area contributed by atoms with E-state index in [2.05, 4.69) is 25.4 Å². The molecule has 1 aromatic carbocycles. The topological polar surface area (TPSA) is 87.6 Å². The third-order valence-corrected chi connectivity index (χ3v) is 2.01. The second kappa shape index (κ2) is 2.38. The maximum absolute atomic E-state index is 9.57. The summed E-state index contributed by atoms with van der Waals surface area (Å²) < 4.78 is 0. The van der Waals surface area contributed by atoms with Gasteiger partial charge in [-0.15, -0.1) is 0 Å². The van der Waals surface area contributed by atoms with E-state index < -0.39 is 0 Å². The number of rotatable bonds is 0. The first kappa shape index (κ1) is 7.19. The van der Waals surface area contributed by atoms with Gasteiger partial charge in [-0.25, -0.2) is 0 Å². The van der Waals surface area contributed by atoms with E-state index in [0.29, 0.717) is 22.1 Å². The van der Waals surface area contributed by atoms with Crippen LogP contribution in [0.15, 0.2) is 18.5 Å². The van der Waals surface area contributed by atoms with Gasteiger partial charge < -0.3 is 5.11 Å². The second-order valence-corrected chi connectivity index (χ2v) is 2.84. The van der Waals surface area contributed by atoms with Crippen LogP contribution >= 0.6 is 0 Å². The molecule has 2 aromatic heterocycles. The number of benzene rings is 1. The van der Waals surface area contributed by atoms with Crippen molar-refractivity contribution in [2.24, 2.45) is 0 Å². The van der Waals surface area contributed by atoms with Crippen LogP contribution < -0.4 is 0 Å². The van der Waals surface area contributed by atoms with Crippen LogP contribution in [-0.4, -0.2) is 30.5 Å². The normalized spacial score (nSPS) is 11.1. The maximum Gasteiger partial charge on any atom is 0.156 e. The molecule has 0 aliphatic carbocycles. The Balaban J connectivity index is 2.66. The Labute approximate surface area is 77.6 Å². The average Bonchev–Trinajstić information content (AvgIpc) is 2.67. The molecule has 2 heterocycles. The predicted octanol–water partition coefficient (Wildman–Crippen LogP) is 0.607. The van der Waals surface area contributed by atoms with E-state index in [0.717, 1.165) is 0 Å². The molecule has 0 aliphatic rings. The lowest BCUT2D eigenvalue weighted by molar-refractivity contribution is 0.481. The van der Waals surface area contributed by atoms with E-state index in [9.17, 15) is 5.11 Å². The Morgan fingerprint density at radius 2 is 1.79 bits per heavy atom. The number of aromatic hydroxyl groups is 1. The molecular formula is C8H5N5O. The zero-order valence-electron chi connectivity index (χ0n) is 6.97. The van der Waals surface area contributed by atoms with Crippen molar-refractivity contribution in [1.29, 1.82) is 0 Å². The van der Waals surface area contributed by atoms with E-state index in [4.69, 9.17) is 0 Å². The number of hydrogen-bond acceptors (Lipinski definition) is 5. The van der Waals surface area contributed by atoms with Crippen LogP contribution in [0.3, 0.4) is 0 Å². The van der Waals surface area contributed by atoms with E-state index in [-0.39, 0.29) is 5.75 Å². The summed E-state index contributed by atoms with van der Waals surface area (Å²) in [6.45, 7) is 0. The molecule has 0 unspecified atom stereocenters. The molecule has 0 saturated carbocycles. The third-order valence-electron chi connectivity index (χ3n) is 2.01. The highest BCUT2D eigenvalue weighted by atomic mass is 16.3. The molecule has 0 radical (unpaired) electrons. The van der Waals surface area contributed by atoms with Gasteiger partial charge in [0, 0.05) is 18.5 Å². The summed E-state index contributed by atoms with van der Waals surface area (Å²) in [6, 6.07) is 1.52. The molecule has 0 aliphatic heterocycles. The zero-order chi connectivity index (χ0) is 9.54. The van der Waals surface area contributed by atoms with Crippen LogP contribution in [0.25, 0.3) is 22.1 Å². The van der Waals surface area contributed by atoms with Crippen molar-refractivity contribution < 1.29 is 5.11 Å². The minimum Gasteiger partial charge on any atom is -0.505 e. The molecule has 0 atom stereocenters. The van der Waals surface area contributed by atoms with Crippen molar-refractivity contribution in [2.45, 2.75) is 0 Å². The molecule has 0 spiro atoms. The van der Waals surface area contributed by atoms with Crippen LogP contribution in [0.1, 0.15) is 0 Å². The molecule has 6 heteroatoms. The van der Waals surface area contributed by atoms with Crippen LogP contribution in [0.2, 0.25) is 0 Å². The highest BCUT2D eigenvalue weighted by molar-refractivity contribution is 6.02. The van der Waals surface area contributed by atoms with Crippen molar-refractivity contribution >= 4 is 22.1 Å². The van der Waals surface area contributed by atoms with Crippen LogP contribution in [0.5, 0.6) is 5.75 Å². The molecule has 3 aromatic rings. The summed E-state index contributed by atoms with van der Waals surface area (Å²) in [5, 5.41) is 19.7. The quantitative estimate of drug-likeness (QED) is 0.538. The van der Waals surface area contributed by atoms with Crippen molar-refractivity contribution in [2.75, 3.05) is 0 Å². The van der Waals surface area contributed by atoms with Crippen LogP contribution in [0, 0.1) is 0 Å². The van der Waals surface area contributed by atoms with E-state index in [1.54, 1.807) is 12.4 Å². The first-order chi connectivity index (χ1) is 6.86. The molecule has 14 heavy (non-hydrogen) atoms. The fourth-order valence-electron chi connectivity index (χ4n) is 1.41. The van der Waals surface area contributed by atoms with Gasteiger partial charge in [-0.3, -0.25) is 9.97 Å². The lowest BCUT2D eigenvalue weighted by Crippen LogP contribution is -1.84. The highest BCUT2D eigenvalue weighted by Gasteiger charge is 2.10. The Kier molecular flexibility index (Phi) is 1.22. The molecule has 6 nitrogen and oxygen atoms in total. The largest absolute Gasteiger partial charge is 0.505 e. The lowest BCUT2D eigenvalue weighted by Gasteiger charge is -1.96. The molecular weight excluding hydrogens is 182 g/mol. The Morgan fingerprint density at radius 3 is 2.71 bits per heavy atom.